The van der Waals surface area contributed by atoms with Crippen molar-refractivity contribution in [1.82, 2.24) is 9.97 Å². The summed E-state index contributed by atoms with van der Waals surface area (Å²) in [6.45, 7) is -0.264. The maximum absolute atomic E-state index is 13.1. The van der Waals surface area contributed by atoms with Crippen LogP contribution in [0.25, 0.3) is 11.3 Å². The summed E-state index contributed by atoms with van der Waals surface area (Å²) >= 11 is 0. The molecular weight excluding hydrogens is 411 g/mol. The number of alkyl halides is 3. The fraction of sp³-hybridized carbons (Fsp3) is 0.143. The van der Waals surface area contributed by atoms with E-state index in [1.54, 1.807) is 25.2 Å². The Hall–Kier alpha value is -3.95. The van der Waals surface area contributed by atoms with Gasteiger partial charge in [-0.05, 0) is 36.4 Å². The number of urea groups is 1. The minimum atomic E-state index is -4.49. The number of aromatic nitrogens is 2. The van der Waals surface area contributed by atoms with Gasteiger partial charge in [-0.3, -0.25) is 14.7 Å². The molecule has 10 heteroatoms. The van der Waals surface area contributed by atoms with Crippen LogP contribution in [0.5, 0.6) is 0 Å². The molecule has 3 heterocycles. The van der Waals surface area contributed by atoms with Crippen LogP contribution in [0.1, 0.15) is 5.56 Å². The number of likely N-dealkylation sites (N-methyl/N-ethyl adjacent to an activating group) is 1. The van der Waals surface area contributed by atoms with E-state index in [2.05, 4.69) is 15.3 Å². The third kappa shape index (κ3) is 4.04. The monoisotopic (exact) mass is 427 g/mol. The molecule has 158 valence electrons. The van der Waals surface area contributed by atoms with Crippen molar-refractivity contribution in [3.05, 3.63) is 66.5 Å². The van der Waals surface area contributed by atoms with Crippen molar-refractivity contribution in [2.75, 3.05) is 28.7 Å². The summed E-state index contributed by atoms with van der Waals surface area (Å²) in [7, 11) is 1.55. The Morgan fingerprint density at radius 2 is 1.84 bits per heavy atom. The first-order chi connectivity index (χ1) is 14.7. The lowest BCUT2D eigenvalue weighted by Crippen LogP contribution is -2.48. The van der Waals surface area contributed by atoms with Crippen LogP contribution in [0.3, 0.4) is 0 Å². The summed E-state index contributed by atoms with van der Waals surface area (Å²) in [5.74, 6) is -0.158. The highest BCUT2D eigenvalue weighted by molar-refractivity contribution is 6.12. The van der Waals surface area contributed by atoms with Gasteiger partial charge in [0.15, 0.2) is 5.82 Å². The number of halogens is 3. The third-order valence-electron chi connectivity index (χ3n) is 4.80. The summed E-state index contributed by atoms with van der Waals surface area (Å²) in [5.41, 5.74) is 0.531. The molecule has 2 aromatic heterocycles. The fourth-order valence-electron chi connectivity index (χ4n) is 3.16. The van der Waals surface area contributed by atoms with E-state index >= 15 is 0 Å². The molecule has 7 nitrogen and oxygen atoms in total. The van der Waals surface area contributed by atoms with E-state index < -0.39 is 17.8 Å². The van der Waals surface area contributed by atoms with Crippen molar-refractivity contribution >= 4 is 29.1 Å². The number of anilines is 3. The van der Waals surface area contributed by atoms with Crippen LogP contribution in [0.4, 0.5) is 35.2 Å². The number of carbonyl (C=O) groups excluding carboxylic acids is 2. The van der Waals surface area contributed by atoms with Crippen molar-refractivity contribution in [2.24, 2.45) is 0 Å². The lowest BCUT2D eigenvalue weighted by Gasteiger charge is -2.33. The molecule has 0 saturated heterocycles. The molecule has 3 amide bonds. The molecule has 0 radical (unpaired) electrons. The topological polar surface area (TPSA) is 78.4 Å². The van der Waals surface area contributed by atoms with Gasteiger partial charge in [0.2, 0.25) is 5.91 Å². The molecule has 0 aliphatic carbocycles. The highest BCUT2D eigenvalue weighted by Gasteiger charge is 2.33. The first-order valence-electron chi connectivity index (χ1n) is 9.18. The number of nitrogens with zero attached hydrogens (tertiary/aromatic N) is 4. The average molecular weight is 427 g/mol. The first-order valence-corrected chi connectivity index (χ1v) is 9.18. The van der Waals surface area contributed by atoms with Crippen molar-refractivity contribution < 1.29 is 22.8 Å². The van der Waals surface area contributed by atoms with Crippen LogP contribution in [0.15, 0.2) is 60.9 Å². The molecule has 0 spiro atoms. The predicted molar refractivity (Wildman–Crippen MR) is 109 cm³/mol. The fourth-order valence-corrected chi connectivity index (χ4v) is 3.16. The highest BCUT2D eigenvalue weighted by Crippen LogP contribution is 2.36. The Morgan fingerprint density at radius 1 is 1.10 bits per heavy atom. The number of nitrogens with one attached hydrogen (secondary N) is 1. The number of pyridine rings is 2. The van der Waals surface area contributed by atoms with Gasteiger partial charge in [0, 0.05) is 30.7 Å². The zero-order chi connectivity index (χ0) is 22.2. The molecule has 1 aliphatic heterocycles. The number of carbonyl (C=O) groups is 2. The van der Waals surface area contributed by atoms with Crippen LogP contribution in [0, 0.1) is 0 Å². The molecule has 0 bridgehead atoms. The second-order valence-electron chi connectivity index (χ2n) is 6.82. The number of amides is 3. The zero-order valence-corrected chi connectivity index (χ0v) is 16.2. The van der Waals surface area contributed by atoms with E-state index in [9.17, 15) is 22.8 Å². The van der Waals surface area contributed by atoms with E-state index in [1.165, 1.54) is 35.5 Å². The van der Waals surface area contributed by atoms with E-state index in [-0.39, 0.29) is 29.5 Å². The molecule has 0 saturated carbocycles. The van der Waals surface area contributed by atoms with Gasteiger partial charge in [0.05, 0.1) is 16.9 Å². The van der Waals surface area contributed by atoms with Crippen LogP contribution in [-0.2, 0) is 11.0 Å². The second kappa shape index (κ2) is 7.71. The Balaban J connectivity index is 1.74. The molecule has 0 atom stereocenters. The van der Waals surface area contributed by atoms with Gasteiger partial charge in [0.1, 0.15) is 6.54 Å². The molecule has 0 fully saturated rings. The maximum Gasteiger partial charge on any atom is 0.416 e. The van der Waals surface area contributed by atoms with E-state index in [1.807, 2.05) is 0 Å². The predicted octanol–water partition coefficient (Wildman–Crippen LogP) is 4.18. The summed E-state index contributed by atoms with van der Waals surface area (Å²) in [6, 6.07) is 10.4. The molecule has 4 rings (SSSR count). The number of rotatable bonds is 2. The molecule has 1 aliphatic rings. The van der Waals surface area contributed by atoms with Gasteiger partial charge in [0.25, 0.3) is 0 Å². The highest BCUT2D eigenvalue weighted by atomic mass is 19.4. The van der Waals surface area contributed by atoms with Gasteiger partial charge in [-0.1, -0.05) is 12.1 Å². The number of hydrogen-bond donors (Lipinski definition) is 1. The van der Waals surface area contributed by atoms with Crippen LogP contribution in [0.2, 0.25) is 0 Å². The lowest BCUT2D eigenvalue weighted by atomic mass is 10.1. The van der Waals surface area contributed by atoms with Crippen LogP contribution >= 0.6 is 0 Å². The lowest BCUT2D eigenvalue weighted by molar-refractivity contribution is -0.137. The van der Waals surface area contributed by atoms with Gasteiger partial charge in [-0.2, -0.15) is 13.2 Å². The summed E-state index contributed by atoms with van der Waals surface area (Å²) in [4.78, 5) is 36.0. The Kier molecular flexibility index (Phi) is 5.05. The van der Waals surface area contributed by atoms with Crippen molar-refractivity contribution in [1.29, 1.82) is 0 Å². The average Bonchev–Trinajstić information content (AvgIpc) is 2.76. The Morgan fingerprint density at radius 3 is 2.55 bits per heavy atom. The standard InChI is InChI=1S/C21H16F3N5O2/c1-28-17-6-5-16(13-3-2-4-14(11-13)21(22,23)24)27-19(17)29(12-18(28)30)20(31)26-15-7-9-25-10-8-15/h2-11H,12H2,1H3,(H,25,26,31). The van der Waals surface area contributed by atoms with Gasteiger partial charge >= 0.3 is 12.2 Å². The smallest absolute Gasteiger partial charge is 0.311 e. The van der Waals surface area contributed by atoms with Crippen molar-refractivity contribution in [3.63, 3.8) is 0 Å². The molecule has 1 aromatic carbocycles. The normalized spacial score (nSPS) is 13.7. The Bertz CT molecular complexity index is 1150. The van der Waals surface area contributed by atoms with Crippen molar-refractivity contribution in [2.45, 2.75) is 6.18 Å². The maximum atomic E-state index is 13.1. The van der Waals surface area contributed by atoms with E-state index in [0.717, 1.165) is 17.0 Å². The van der Waals surface area contributed by atoms with Crippen molar-refractivity contribution in [3.8, 4) is 11.3 Å². The second-order valence-corrected chi connectivity index (χ2v) is 6.82. The summed E-state index contributed by atoms with van der Waals surface area (Å²) in [6.07, 6.45) is -1.49. The van der Waals surface area contributed by atoms with Gasteiger partial charge in [-0.15, -0.1) is 0 Å². The molecule has 1 N–H and O–H groups in total. The number of hydrogen-bond acceptors (Lipinski definition) is 4. The van der Waals surface area contributed by atoms with E-state index in [0.29, 0.717) is 11.4 Å². The third-order valence-corrected chi connectivity index (χ3v) is 4.80. The van der Waals surface area contributed by atoms with Crippen LogP contribution < -0.4 is 15.1 Å². The summed E-state index contributed by atoms with van der Waals surface area (Å²) < 4.78 is 39.3. The van der Waals surface area contributed by atoms with Gasteiger partial charge in [-0.25, -0.2) is 9.78 Å². The minimum absolute atomic E-state index is 0.170. The van der Waals surface area contributed by atoms with E-state index in [4.69, 9.17) is 0 Å². The quantitative estimate of drug-likeness (QED) is 0.666. The largest absolute Gasteiger partial charge is 0.416 e. The van der Waals surface area contributed by atoms with Gasteiger partial charge < -0.3 is 10.2 Å². The molecule has 0 unspecified atom stereocenters. The number of benzene rings is 1. The SMILES string of the molecule is CN1C(=O)CN(C(=O)Nc2ccncc2)c2nc(-c3cccc(C(F)(F)F)c3)ccc21. The zero-order valence-electron chi connectivity index (χ0n) is 16.2. The van der Waals surface area contributed by atoms with Crippen LogP contribution in [-0.4, -0.2) is 35.5 Å². The molecular formula is C21H16F3N5O2. The Labute approximate surface area is 175 Å². The molecule has 31 heavy (non-hydrogen) atoms. The number of fused-ring (bicyclic) bond motifs is 1. The minimum Gasteiger partial charge on any atom is -0.311 e. The first kappa shape index (κ1) is 20.3. The molecule has 3 aromatic rings. The summed E-state index contributed by atoms with van der Waals surface area (Å²) in [5, 5.41) is 2.66.